The minimum absolute atomic E-state index is 0.188. The standard InChI is InChI=1S/C19H23NO5/c1-5-24-18(21)16-13(3)20(23-4)15(17(16)19(22)25-6-2)12-14-10-8-7-9-11-14/h7-11H,5-6,12H2,1-4H3. The fourth-order valence-corrected chi connectivity index (χ4v) is 2.80. The van der Waals surface area contributed by atoms with Crippen LogP contribution in [-0.4, -0.2) is 37.0 Å². The molecule has 0 unspecified atom stereocenters. The van der Waals surface area contributed by atoms with E-state index in [0.29, 0.717) is 17.8 Å². The van der Waals surface area contributed by atoms with Gasteiger partial charge in [-0.3, -0.25) is 0 Å². The number of hydrogen-bond donors (Lipinski definition) is 0. The summed E-state index contributed by atoms with van der Waals surface area (Å²) in [6, 6.07) is 9.64. The van der Waals surface area contributed by atoms with Crippen molar-refractivity contribution in [1.29, 1.82) is 0 Å². The molecular weight excluding hydrogens is 322 g/mol. The Kier molecular flexibility index (Phi) is 6.22. The number of carbonyl (C=O) groups is 2. The molecule has 1 aromatic heterocycles. The summed E-state index contributed by atoms with van der Waals surface area (Å²) in [4.78, 5) is 30.4. The summed E-state index contributed by atoms with van der Waals surface area (Å²) in [5.41, 5.74) is 2.44. The van der Waals surface area contributed by atoms with Gasteiger partial charge in [-0.1, -0.05) is 30.3 Å². The van der Waals surface area contributed by atoms with Crippen molar-refractivity contribution < 1.29 is 23.9 Å². The molecule has 0 amide bonds. The predicted octanol–water partition coefficient (Wildman–Crippen LogP) is 2.80. The first kappa shape index (κ1) is 18.6. The summed E-state index contributed by atoms with van der Waals surface area (Å²) in [5, 5.41) is 0. The SMILES string of the molecule is CCOC(=O)c1c(C(=O)OCC)c(Cc2ccccc2)n(OC)c1C. The maximum absolute atomic E-state index is 12.6. The number of carbonyl (C=O) groups excluding carboxylic acids is 2. The van der Waals surface area contributed by atoms with Crippen molar-refractivity contribution in [3.05, 3.63) is 58.4 Å². The second-order valence-corrected chi connectivity index (χ2v) is 5.36. The smallest absolute Gasteiger partial charge is 0.341 e. The zero-order valence-electron chi connectivity index (χ0n) is 15.0. The number of esters is 2. The van der Waals surface area contributed by atoms with Gasteiger partial charge in [-0.2, -0.15) is 4.73 Å². The summed E-state index contributed by atoms with van der Waals surface area (Å²) < 4.78 is 11.8. The number of aromatic nitrogens is 1. The van der Waals surface area contributed by atoms with Gasteiger partial charge in [0.15, 0.2) is 0 Å². The Balaban J connectivity index is 2.64. The summed E-state index contributed by atoms with van der Waals surface area (Å²) >= 11 is 0. The van der Waals surface area contributed by atoms with Crippen molar-refractivity contribution in [2.24, 2.45) is 0 Å². The molecular formula is C19H23NO5. The van der Waals surface area contributed by atoms with Crippen LogP contribution < -0.4 is 4.84 Å². The van der Waals surface area contributed by atoms with Gasteiger partial charge >= 0.3 is 11.9 Å². The van der Waals surface area contributed by atoms with E-state index in [1.165, 1.54) is 11.8 Å². The van der Waals surface area contributed by atoms with Crippen molar-refractivity contribution >= 4 is 11.9 Å². The zero-order valence-corrected chi connectivity index (χ0v) is 15.0. The van der Waals surface area contributed by atoms with Gasteiger partial charge < -0.3 is 14.3 Å². The second-order valence-electron chi connectivity index (χ2n) is 5.36. The molecule has 0 aliphatic carbocycles. The summed E-state index contributed by atoms with van der Waals surface area (Å²) in [6.07, 6.45) is 0.420. The van der Waals surface area contributed by atoms with Gasteiger partial charge in [0.05, 0.1) is 35.7 Å². The number of nitrogens with zero attached hydrogens (tertiary/aromatic N) is 1. The lowest BCUT2D eigenvalue weighted by molar-refractivity contribution is 0.0479. The highest BCUT2D eigenvalue weighted by atomic mass is 16.6. The molecule has 0 spiro atoms. The fraction of sp³-hybridized carbons (Fsp3) is 0.368. The van der Waals surface area contributed by atoms with Gasteiger partial charge in [-0.15, -0.1) is 0 Å². The van der Waals surface area contributed by atoms with E-state index in [2.05, 4.69) is 0 Å². The molecule has 0 fully saturated rings. The van der Waals surface area contributed by atoms with Crippen molar-refractivity contribution in [2.75, 3.05) is 20.3 Å². The largest absolute Gasteiger partial charge is 0.462 e. The van der Waals surface area contributed by atoms with Crippen LogP contribution in [0.3, 0.4) is 0 Å². The monoisotopic (exact) mass is 345 g/mol. The molecule has 6 nitrogen and oxygen atoms in total. The van der Waals surface area contributed by atoms with Gasteiger partial charge in [0, 0.05) is 6.42 Å². The van der Waals surface area contributed by atoms with Crippen molar-refractivity contribution in [3.63, 3.8) is 0 Å². The van der Waals surface area contributed by atoms with Crippen LogP contribution in [0.25, 0.3) is 0 Å². The molecule has 0 N–H and O–H groups in total. The van der Waals surface area contributed by atoms with E-state index >= 15 is 0 Å². The molecule has 134 valence electrons. The first-order chi connectivity index (χ1) is 12.0. The highest BCUT2D eigenvalue weighted by Crippen LogP contribution is 2.26. The van der Waals surface area contributed by atoms with Gasteiger partial charge in [0.1, 0.15) is 7.11 Å². The maximum Gasteiger partial charge on any atom is 0.341 e. The molecule has 0 saturated heterocycles. The minimum Gasteiger partial charge on any atom is -0.462 e. The average Bonchev–Trinajstić information content (AvgIpc) is 2.88. The minimum atomic E-state index is -0.562. The van der Waals surface area contributed by atoms with Crippen LogP contribution in [0.4, 0.5) is 0 Å². The highest BCUT2D eigenvalue weighted by molar-refractivity contribution is 6.05. The summed E-state index contributed by atoms with van der Waals surface area (Å²) in [7, 11) is 1.49. The molecule has 2 rings (SSSR count). The Morgan fingerprint density at radius 1 is 0.960 bits per heavy atom. The van der Waals surface area contributed by atoms with Crippen LogP contribution in [0.15, 0.2) is 30.3 Å². The third-order valence-electron chi connectivity index (χ3n) is 3.81. The van der Waals surface area contributed by atoms with Gasteiger partial charge in [0.2, 0.25) is 0 Å². The van der Waals surface area contributed by atoms with Crippen molar-refractivity contribution in [3.8, 4) is 0 Å². The van der Waals surface area contributed by atoms with Crippen LogP contribution in [-0.2, 0) is 15.9 Å². The van der Waals surface area contributed by atoms with Crippen LogP contribution in [0.1, 0.15) is 51.5 Å². The van der Waals surface area contributed by atoms with E-state index in [9.17, 15) is 9.59 Å². The lowest BCUT2D eigenvalue weighted by atomic mass is 10.0. The molecule has 0 atom stereocenters. The third-order valence-corrected chi connectivity index (χ3v) is 3.81. The number of rotatable bonds is 7. The molecule has 0 bridgehead atoms. The molecule has 1 aromatic carbocycles. The van der Waals surface area contributed by atoms with Gasteiger partial charge in [0.25, 0.3) is 0 Å². The lowest BCUT2D eigenvalue weighted by Crippen LogP contribution is -2.15. The van der Waals surface area contributed by atoms with E-state index in [0.717, 1.165) is 5.56 Å². The van der Waals surface area contributed by atoms with E-state index in [1.54, 1.807) is 20.8 Å². The average molecular weight is 345 g/mol. The molecule has 0 radical (unpaired) electrons. The fourth-order valence-electron chi connectivity index (χ4n) is 2.80. The summed E-state index contributed by atoms with van der Waals surface area (Å²) in [6.45, 7) is 5.58. The quantitative estimate of drug-likeness (QED) is 0.722. The molecule has 2 aromatic rings. The Labute approximate surface area is 147 Å². The van der Waals surface area contributed by atoms with Crippen molar-refractivity contribution in [2.45, 2.75) is 27.2 Å². The summed E-state index contributed by atoms with van der Waals surface area (Å²) in [5.74, 6) is -1.12. The van der Waals surface area contributed by atoms with Crippen LogP contribution in [0, 0.1) is 6.92 Å². The first-order valence-electron chi connectivity index (χ1n) is 8.21. The molecule has 0 aliphatic rings. The van der Waals surface area contributed by atoms with Crippen LogP contribution in [0.2, 0.25) is 0 Å². The third kappa shape index (κ3) is 3.84. The van der Waals surface area contributed by atoms with Crippen molar-refractivity contribution in [1.82, 2.24) is 4.73 Å². The van der Waals surface area contributed by atoms with Gasteiger partial charge in [-0.05, 0) is 26.3 Å². The van der Waals surface area contributed by atoms with E-state index in [-0.39, 0.29) is 24.3 Å². The number of ether oxygens (including phenoxy) is 2. The molecule has 0 saturated carbocycles. The van der Waals surface area contributed by atoms with E-state index < -0.39 is 11.9 Å². The normalized spacial score (nSPS) is 10.4. The Bertz CT molecular complexity index is 749. The lowest BCUT2D eigenvalue weighted by Gasteiger charge is -2.11. The van der Waals surface area contributed by atoms with Crippen LogP contribution >= 0.6 is 0 Å². The first-order valence-corrected chi connectivity index (χ1v) is 8.21. The molecule has 1 heterocycles. The van der Waals surface area contributed by atoms with Crippen LogP contribution in [0.5, 0.6) is 0 Å². The second kappa shape index (κ2) is 8.37. The Hall–Kier alpha value is -2.76. The van der Waals surface area contributed by atoms with E-state index in [1.807, 2.05) is 30.3 Å². The number of benzene rings is 1. The molecule has 6 heteroatoms. The highest BCUT2D eigenvalue weighted by Gasteiger charge is 2.31. The van der Waals surface area contributed by atoms with Gasteiger partial charge in [-0.25, -0.2) is 9.59 Å². The molecule has 0 aliphatic heterocycles. The topological polar surface area (TPSA) is 66.8 Å². The Morgan fingerprint density at radius 2 is 1.52 bits per heavy atom. The van der Waals surface area contributed by atoms with E-state index in [4.69, 9.17) is 14.3 Å². The maximum atomic E-state index is 12.6. The predicted molar refractivity (Wildman–Crippen MR) is 92.8 cm³/mol. The molecule has 25 heavy (non-hydrogen) atoms. The number of hydrogen-bond acceptors (Lipinski definition) is 5. The Morgan fingerprint density at radius 3 is 2.04 bits per heavy atom. The zero-order chi connectivity index (χ0) is 18.4.